The van der Waals surface area contributed by atoms with Crippen molar-refractivity contribution in [1.82, 2.24) is 0 Å². The zero-order valence-electron chi connectivity index (χ0n) is 9.40. The molecule has 2 aromatic rings. The topological polar surface area (TPSA) is 43.1 Å². The van der Waals surface area contributed by atoms with Crippen LogP contribution in [0.25, 0.3) is 0 Å². The number of anilines is 1. The molecule has 2 N–H and O–H groups in total. The summed E-state index contributed by atoms with van der Waals surface area (Å²) in [4.78, 5) is 0.436. The highest BCUT2D eigenvalue weighted by Crippen LogP contribution is 2.23. The van der Waals surface area contributed by atoms with Gasteiger partial charge in [-0.3, -0.25) is 4.21 Å². The lowest BCUT2D eigenvalue weighted by molar-refractivity contribution is 0.615. The number of nitrogens with two attached hydrogens (primary N) is 1. The van der Waals surface area contributed by atoms with E-state index in [1.807, 2.05) is 0 Å². The van der Waals surface area contributed by atoms with Gasteiger partial charge in [0.1, 0.15) is 5.82 Å². The Bertz CT molecular complexity index is 603. The first-order valence-electron chi connectivity index (χ1n) is 5.25. The third-order valence-electron chi connectivity index (χ3n) is 2.47. The second-order valence-electron chi connectivity index (χ2n) is 3.76. The van der Waals surface area contributed by atoms with E-state index in [4.69, 9.17) is 17.3 Å². The molecule has 5 heteroatoms. The number of nitrogen functional groups attached to an aromatic ring is 1. The smallest absolute Gasteiger partial charge is 0.127 e. The van der Waals surface area contributed by atoms with E-state index in [9.17, 15) is 8.60 Å². The molecule has 0 heterocycles. The van der Waals surface area contributed by atoms with E-state index < -0.39 is 10.8 Å². The Kier molecular flexibility index (Phi) is 3.99. The van der Waals surface area contributed by atoms with Gasteiger partial charge in [-0.15, -0.1) is 0 Å². The minimum atomic E-state index is -1.42. The molecule has 0 amide bonds. The van der Waals surface area contributed by atoms with Gasteiger partial charge in [0, 0.05) is 16.3 Å². The molecule has 2 rings (SSSR count). The maximum Gasteiger partial charge on any atom is 0.127 e. The quantitative estimate of drug-likeness (QED) is 0.878. The first-order valence-corrected chi connectivity index (χ1v) is 6.94. The minimum Gasteiger partial charge on any atom is -0.398 e. The predicted octanol–water partition coefficient (Wildman–Crippen LogP) is 3.37. The van der Waals surface area contributed by atoms with Crippen molar-refractivity contribution in [3.8, 4) is 0 Å². The monoisotopic (exact) mass is 283 g/mol. The van der Waals surface area contributed by atoms with E-state index in [0.29, 0.717) is 21.2 Å². The highest BCUT2D eigenvalue weighted by atomic mass is 35.5. The molecule has 0 saturated carbocycles. The first kappa shape index (κ1) is 13.1. The van der Waals surface area contributed by atoms with Crippen LogP contribution in [-0.4, -0.2) is 4.21 Å². The van der Waals surface area contributed by atoms with Crippen molar-refractivity contribution in [1.29, 1.82) is 0 Å². The minimum absolute atomic E-state index is 0.0806. The van der Waals surface area contributed by atoms with Crippen LogP contribution in [0.3, 0.4) is 0 Å². The summed E-state index contributed by atoms with van der Waals surface area (Å²) in [6, 6.07) is 11.0. The van der Waals surface area contributed by atoms with Gasteiger partial charge in [-0.2, -0.15) is 0 Å². The molecular formula is C13H11ClFNOS. The Balaban J connectivity index is 2.28. The zero-order valence-corrected chi connectivity index (χ0v) is 11.0. The van der Waals surface area contributed by atoms with Gasteiger partial charge in [-0.25, -0.2) is 4.39 Å². The SMILES string of the molecule is Nc1ccc(Cl)cc1S(=O)Cc1ccccc1F. The molecule has 0 aliphatic rings. The molecule has 18 heavy (non-hydrogen) atoms. The summed E-state index contributed by atoms with van der Waals surface area (Å²) in [5.41, 5.74) is 6.53. The van der Waals surface area contributed by atoms with Crippen molar-refractivity contribution in [2.75, 3.05) is 5.73 Å². The molecule has 1 unspecified atom stereocenters. The van der Waals surface area contributed by atoms with Crippen LogP contribution in [0.1, 0.15) is 5.56 Å². The Labute approximate surface area is 112 Å². The molecule has 0 radical (unpaired) electrons. The molecule has 0 aliphatic heterocycles. The highest BCUT2D eigenvalue weighted by Gasteiger charge is 2.11. The summed E-state index contributed by atoms with van der Waals surface area (Å²) < 4.78 is 25.6. The molecule has 2 aromatic carbocycles. The van der Waals surface area contributed by atoms with Crippen molar-refractivity contribution in [3.05, 3.63) is 58.9 Å². The summed E-state index contributed by atoms with van der Waals surface area (Å²) >= 11 is 5.83. The molecule has 0 fully saturated rings. The fourth-order valence-electron chi connectivity index (χ4n) is 1.54. The zero-order chi connectivity index (χ0) is 13.1. The molecule has 0 spiro atoms. The van der Waals surface area contributed by atoms with Gasteiger partial charge in [-0.1, -0.05) is 29.8 Å². The van der Waals surface area contributed by atoms with Crippen LogP contribution in [0.5, 0.6) is 0 Å². The maximum absolute atomic E-state index is 13.5. The van der Waals surface area contributed by atoms with Crippen molar-refractivity contribution < 1.29 is 8.60 Å². The second kappa shape index (κ2) is 5.50. The number of rotatable bonds is 3. The van der Waals surface area contributed by atoms with Crippen molar-refractivity contribution in [2.24, 2.45) is 0 Å². The fraction of sp³-hybridized carbons (Fsp3) is 0.0769. The van der Waals surface area contributed by atoms with Crippen molar-refractivity contribution in [2.45, 2.75) is 10.6 Å². The molecule has 1 atom stereocenters. The predicted molar refractivity (Wildman–Crippen MR) is 72.4 cm³/mol. The molecule has 0 saturated heterocycles. The normalized spacial score (nSPS) is 12.3. The highest BCUT2D eigenvalue weighted by molar-refractivity contribution is 7.84. The molecule has 94 valence electrons. The summed E-state index contributed by atoms with van der Waals surface area (Å²) in [6.45, 7) is 0. The molecule has 0 aliphatic carbocycles. The van der Waals surface area contributed by atoms with Gasteiger partial charge < -0.3 is 5.73 Å². The van der Waals surface area contributed by atoms with Gasteiger partial charge in [0.25, 0.3) is 0 Å². The van der Waals surface area contributed by atoms with Crippen LogP contribution in [0.15, 0.2) is 47.4 Å². The number of hydrogen-bond donors (Lipinski definition) is 1. The average molecular weight is 284 g/mol. The number of hydrogen-bond acceptors (Lipinski definition) is 2. The Morgan fingerprint density at radius 3 is 2.67 bits per heavy atom. The summed E-state index contributed by atoms with van der Waals surface area (Å²) in [5.74, 6) is -0.288. The molecular weight excluding hydrogens is 273 g/mol. The lowest BCUT2D eigenvalue weighted by Gasteiger charge is -2.07. The van der Waals surface area contributed by atoms with Gasteiger partial charge in [0.2, 0.25) is 0 Å². The van der Waals surface area contributed by atoms with Crippen LogP contribution in [0.4, 0.5) is 10.1 Å². The number of benzene rings is 2. The van der Waals surface area contributed by atoms with Crippen molar-refractivity contribution in [3.63, 3.8) is 0 Å². The van der Waals surface area contributed by atoms with Crippen molar-refractivity contribution >= 4 is 28.1 Å². The Morgan fingerprint density at radius 1 is 1.22 bits per heavy atom. The third kappa shape index (κ3) is 2.89. The van der Waals surface area contributed by atoms with E-state index in [0.717, 1.165) is 0 Å². The van der Waals surface area contributed by atoms with Gasteiger partial charge in [0.15, 0.2) is 0 Å². The summed E-state index contributed by atoms with van der Waals surface area (Å²) in [7, 11) is -1.42. The average Bonchev–Trinajstić information content (AvgIpc) is 2.35. The van der Waals surface area contributed by atoms with E-state index >= 15 is 0 Å². The van der Waals surface area contributed by atoms with Crippen LogP contribution >= 0.6 is 11.6 Å². The largest absolute Gasteiger partial charge is 0.398 e. The van der Waals surface area contributed by atoms with Crippen LogP contribution in [0, 0.1) is 5.82 Å². The Morgan fingerprint density at radius 2 is 1.94 bits per heavy atom. The first-order chi connectivity index (χ1) is 8.58. The number of halogens is 2. The van der Waals surface area contributed by atoms with E-state index in [2.05, 4.69) is 0 Å². The standard InChI is InChI=1S/C13H11ClFNOS/c14-10-5-6-12(16)13(7-10)18(17)8-9-3-1-2-4-11(9)15/h1-7H,8,16H2. The van der Waals surface area contributed by atoms with Gasteiger partial charge in [-0.05, 0) is 24.3 Å². The van der Waals surface area contributed by atoms with Gasteiger partial charge in [0.05, 0.1) is 21.4 Å². The molecule has 0 aromatic heterocycles. The summed E-state index contributed by atoms with van der Waals surface area (Å²) in [5, 5.41) is 0.459. The fourth-order valence-corrected chi connectivity index (χ4v) is 3.04. The lowest BCUT2D eigenvalue weighted by Crippen LogP contribution is -2.02. The van der Waals surface area contributed by atoms with E-state index in [-0.39, 0.29) is 11.6 Å². The van der Waals surface area contributed by atoms with Crippen LogP contribution in [0.2, 0.25) is 5.02 Å². The Hall–Kier alpha value is -1.39. The molecule has 0 bridgehead atoms. The van der Waals surface area contributed by atoms with E-state index in [1.54, 1.807) is 36.4 Å². The summed E-state index contributed by atoms with van der Waals surface area (Å²) in [6.07, 6.45) is 0. The third-order valence-corrected chi connectivity index (χ3v) is 4.12. The molecule has 2 nitrogen and oxygen atoms in total. The maximum atomic E-state index is 13.5. The lowest BCUT2D eigenvalue weighted by atomic mass is 10.2. The second-order valence-corrected chi connectivity index (χ2v) is 5.62. The van der Waals surface area contributed by atoms with Crippen LogP contribution < -0.4 is 5.73 Å². The van der Waals surface area contributed by atoms with E-state index in [1.165, 1.54) is 6.07 Å². The van der Waals surface area contributed by atoms with Crippen LogP contribution in [-0.2, 0) is 16.6 Å². The van der Waals surface area contributed by atoms with Gasteiger partial charge >= 0.3 is 0 Å².